The van der Waals surface area contributed by atoms with Crippen LogP contribution in [0.2, 0.25) is 0 Å². The van der Waals surface area contributed by atoms with Crippen molar-refractivity contribution in [2.75, 3.05) is 0 Å². The van der Waals surface area contributed by atoms with Gasteiger partial charge in [0.15, 0.2) is 0 Å². The van der Waals surface area contributed by atoms with Crippen LogP contribution >= 0.6 is 0 Å². The van der Waals surface area contributed by atoms with Crippen molar-refractivity contribution in [1.82, 2.24) is 0 Å². The number of benzene rings is 2. The lowest BCUT2D eigenvalue weighted by Crippen LogP contribution is -2.03. The predicted molar refractivity (Wildman–Crippen MR) is 95.0 cm³/mol. The van der Waals surface area contributed by atoms with Crippen molar-refractivity contribution >= 4 is 0 Å². The van der Waals surface area contributed by atoms with Crippen LogP contribution in [0.5, 0.6) is 0 Å². The first kappa shape index (κ1) is 15.1. The van der Waals surface area contributed by atoms with Crippen LogP contribution in [0.4, 0.5) is 0 Å². The first-order valence-electron chi connectivity index (χ1n) is 8.69. The summed E-state index contributed by atoms with van der Waals surface area (Å²) in [6.07, 6.45) is 10.4. The molecule has 1 aliphatic carbocycles. The highest BCUT2D eigenvalue weighted by atomic mass is 14.2. The fraction of sp³-hybridized carbons (Fsp3) is 0.364. The van der Waals surface area contributed by atoms with Gasteiger partial charge in [-0.25, -0.2) is 0 Å². The molecule has 3 rings (SSSR count). The monoisotopic (exact) mass is 290 g/mol. The lowest BCUT2D eigenvalue weighted by atomic mass is 9.87. The molecule has 2 aromatic rings. The summed E-state index contributed by atoms with van der Waals surface area (Å²) in [5.41, 5.74) is 6.33. The van der Waals surface area contributed by atoms with Gasteiger partial charge in [0.25, 0.3) is 0 Å². The molecule has 0 saturated heterocycles. The van der Waals surface area contributed by atoms with Crippen LogP contribution in [0, 0.1) is 0 Å². The van der Waals surface area contributed by atoms with Crippen molar-refractivity contribution in [3.63, 3.8) is 0 Å². The third-order valence-corrected chi connectivity index (χ3v) is 4.73. The van der Waals surface area contributed by atoms with Gasteiger partial charge in [-0.15, -0.1) is 0 Å². The third kappa shape index (κ3) is 4.34. The minimum atomic E-state index is 1.14. The summed E-state index contributed by atoms with van der Waals surface area (Å²) in [6, 6.07) is 22.0. The molecule has 0 heterocycles. The standard InChI is InChI=1S/C22H26/c1-2-10-16-22(18-20-13-7-4-8-14-20)21(15-9-1)17-19-11-5-3-6-12-19/h3-8,11-14H,1-2,9-10,15-18H2/b22-21-. The maximum Gasteiger partial charge on any atom is -0.00643 e. The van der Waals surface area contributed by atoms with Crippen LogP contribution in [0.1, 0.15) is 49.7 Å². The van der Waals surface area contributed by atoms with Gasteiger partial charge in [0, 0.05) is 0 Å². The van der Waals surface area contributed by atoms with Crippen molar-refractivity contribution in [1.29, 1.82) is 0 Å². The van der Waals surface area contributed by atoms with Crippen molar-refractivity contribution in [3.05, 3.63) is 82.9 Å². The lowest BCUT2D eigenvalue weighted by Gasteiger charge is -2.19. The summed E-state index contributed by atoms with van der Waals surface area (Å²) >= 11 is 0. The first-order valence-corrected chi connectivity index (χ1v) is 8.69. The molecule has 0 spiro atoms. The second-order valence-electron chi connectivity index (χ2n) is 6.45. The van der Waals surface area contributed by atoms with Crippen LogP contribution in [0.25, 0.3) is 0 Å². The Bertz CT molecular complexity index is 537. The molecule has 2 aromatic carbocycles. The maximum atomic E-state index is 2.27. The highest BCUT2D eigenvalue weighted by Gasteiger charge is 2.11. The minimum absolute atomic E-state index is 1.14. The Hall–Kier alpha value is -1.82. The van der Waals surface area contributed by atoms with E-state index in [2.05, 4.69) is 60.7 Å². The summed E-state index contributed by atoms with van der Waals surface area (Å²) < 4.78 is 0. The van der Waals surface area contributed by atoms with Gasteiger partial charge in [0.05, 0.1) is 0 Å². The van der Waals surface area contributed by atoms with Gasteiger partial charge in [0.2, 0.25) is 0 Å². The molecule has 114 valence electrons. The Morgan fingerprint density at radius 2 is 0.909 bits per heavy atom. The van der Waals surface area contributed by atoms with Gasteiger partial charge in [0.1, 0.15) is 0 Å². The van der Waals surface area contributed by atoms with E-state index in [0.29, 0.717) is 0 Å². The van der Waals surface area contributed by atoms with E-state index in [1.807, 2.05) is 0 Å². The molecule has 0 bridgehead atoms. The van der Waals surface area contributed by atoms with Crippen molar-refractivity contribution in [2.45, 2.75) is 51.4 Å². The molecule has 0 aromatic heterocycles. The molecule has 0 fully saturated rings. The Kier molecular flexibility index (Phi) is 5.48. The van der Waals surface area contributed by atoms with Gasteiger partial charge >= 0.3 is 0 Å². The highest BCUT2D eigenvalue weighted by molar-refractivity contribution is 5.30. The summed E-state index contributed by atoms with van der Waals surface area (Å²) in [5, 5.41) is 0. The normalized spacial score (nSPS) is 19.5. The largest absolute Gasteiger partial charge is 0.0663 e. The molecule has 0 heteroatoms. The molecule has 0 saturated carbocycles. The Morgan fingerprint density at radius 1 is 0.500 bits per heavy atom. The second kappa shape index (κ2) is 7.98. The Labute approximate surface area is 134 Å². The SMILES string of the molecule is c1ccc(C/C2=C(\Cc3ccccc3)CCCCCC2)cc1. The molecule has 0 atom stereocenters. The zero-order valence-electron chi connectivity index (χ0n) is 13.4. The Morgan fingerprint density at radius 3 is 1.32 bits per heavy atom. The van der Waals surface area contributed by atoms with Crippen LogP contribution in [-0.4, -0.2) is 0 Å². The average Bonchev–Trinajstić information content (AvgIpc) is 2.55. The molecule has 0 unspecified atom stereocenters. The van der Waals surface area contributed by atoms with E-state index in [9.17, 15) is 0 Å². The number of hydrogen-bond donors (Lipinski definition) is 0. The van der Waals surface area contributed by atoms with Gasteiger partial charge in [-0.05, 0) is 49.7 Å². The van der Waals surface area contributed by atoms with Gasteiger partial charge < -0.3 is 0 Å². The lowest BCUT2D eigenvalue weighted by molar-refractivity contribution is 0.599. The van der Waals surface area contributed by atoms with Crippen LogP contribution < -0.4 is 0 Å². The molecule has 0 N–H and O–H groups in total. The van der Waals surface area contributed by atoms with Gasteiger partial charge in [-0.2, -0.15) is 0 Å². The molecular formula is C22H26. The van der Waals surface area contributed by atoms with E-state index in [0.717, 1.165) is 12.8 Å². The average molecular weight is 290 g/mol. The minimum Gasteiger partial charge on any atom is -0.0663 e. The quantitative estimate of drug-likeness (QED) is 0.595. The van der Waals surface area contributed by atoms with Crippen molar-refractivity contribution in [2.24, 2.45) is 0 Å². The summed E-state index contributed by atoms with van der Waals surface area (Å²) in [7, 11) is 0. The fourth-order valence-corrected chi connectivity index (χ4v) is 3.50. The summed E-state index contributed by atoms with van der Waals surface area (Å²) in [5.74, 6) is 0. The molecule has 0 aliphatic heterocycles. The number of allylic oxidation sites excluding steroid dienone is 2. The molecular weight excluding hydrogens is 264 g/mol. The fourth-order valence-electron chi connectivity index (χ4n) is 3.50. The van der Waals surface area contributed by atoms with E-state index >= 15 is 0 Å². The summed E-state index contributed by atoms with van der Waals surface area (Å²) in [4.78, 5) is 0. The van der Waals surface area contributed by atoms with E-state index in [-0.39, 0.29) is 0 Å². The molecule has 0 nitrogen and oxygen atoms in total. The maximum absolute atomic E-state index is 2.27. The zero-order chi connectivity index (χ0) is 15.0. The van der Waals surface area contributed by atoms with Gasteiger partial charge in [-0.1, -0.05) is 84.7 Å². The van der Waals surface area contributed by atoms with Crippen LogP contribution in [0.3, 0.4) is 0 Å². The molecule has 1 aliphatic rings. The smallest absolute Gasteiger partial charge is 0.00643 e. The predicted octanol–water partition coefficient (Wildman–Crippen LogP) is 6.12. The highest BCUT2D eigenvalue weighted by Crippen LogP contribution is 2.28. The number of rotatable bonds is 4. The topological polar surface area (TPSA) is 0 Å². The van der Waals surface area contributed by atoms with Crippen LogP contribution in [-0.2, 0) is 12.8 Å². The van der Waals surface area contributed by atoms with Crippen LogP contribution in [0.15, 0.2) is 71.8 Å². The van der Waals surface area contributed by atoms with E-state index < -0.39 is 0 Å². The third-order valence-electron chi connectivity index (χ3n) is 4.73. The van der Waals surface area contributed by atoms with Crippen molar-refractivity contribution in [3.8, 4) is 0 Å². The van der Waals surface area contributed by atoms with E-state index in [1.54, 1.807) is 11.1 Å². The summed E-state index contributed by atoms with van der Waals surface area (Å²) in [6.45, 7) is 0. The van der Waals surface area contributed by atoms with E-state index in [1.165, 1.54) is 49.7 Å². The van der Waals surface area contributed by atoms with Crippen molar-refractivity contribution < 1.29 is 0 Å². The van der Waals surface area contributed by atoms with Gasteiger partial charge in [-0.3, -0.25) is 0 Å². The molecule has 0 radical (unpaired) electrons. The first-order chi connectivity index (χ1) is 10.9. The van der Waals surface area contributed by atoms with E-state index in [4.69, 9.17) is 0 Å². The molecule has 0 amide bonds. The second-order valence-corrected chi connectivity index (χ2v) is 6.45. The Balaban J connectivity index is 1.84. The zero-order valence-corrected chi connectivity index (χ0v) is 13.4. The molecule has 22 heavy (non-hydrogen) atoms. The number of hydrogen-bond acceptors (Lipinski definition) is 0.